The molecule has 0 spiro atoms. The van der Waals surface area contributed by atoms with Crippen molar-refractivity contribution in [2.45, 2.75) is 44.1 Å². The highest BCUT2D eigenvalue weighted by Crippen LogP contribution is 2.47. The summed E-state index contributed by atoms with van der Waals surface area (Å²) < 4.78 is 10.8. The molecule has 0 bridgehead atoms. The van der Waals surface area contributed by atoms with Crippen LogP contribution in [0.2, 0.25) is 0 Å². The summed E-state index contributed by atoms with van der Waals surface area (Å²) in [5.41, 5.74) is 2.60. The van der Waals surface area contributed by atoms with E-state index >= 15 is 0 Å². The number of methoxy groups -OCH3 is 2. The van der Waals surface area contributed by atoms with Gasteiger partial charge in [-0.05, 0) is 54.9 Å². The largest absolute Gasteiger partial charge is 0.493 e. The number of hydrogen-bond acceptors (Lipinski definition) is 3. The Morgan fingerprint density at radius 1 is 1.05 bits per heavy atom. The average molecular weight is 262 g/mol. The first-order valence-corrected chi connectivity index (χ1v) is 7.17. The Kier molecular flexibility index (Phi) is 3.40. The van der Waals surface area contributed by atoms with Gasteiger partial charge in [0.05, 0.1) is 20.3 Å². The van der Waals surface area contributed by atoms with Crippen LogP contribution in [0.1, 0.15) is 42.7 Å². The Morgan fingerprint density at radius 3 is 2.53 bits per heavy atom. The molecule has 3 atom stereocenters. The third-order valence-electron chi connectivity index (χ3n) is 4.79. The fourth-order valence-corrected chi connectivity index (χ4v) is 3.85. The molecular weight excluding hydrogens is 240 g/mol. The zero-order valence-electron chi connectivity index (χ0n) is 11.7. The summed E-state index contributed by atoms with van der Waals surface area (Å²) in [7, 11) is 3.34. The van der Waals surface area contributed by atoms with Gasteiger partial charge in [-0.1, -0.05) is 6.42 Å². The maximum Gasteiger partial charge on any atom is 0.161 e. The predicted molar refractivity (Wildman–Crippen MR) is 74.0 cm³/mol. The zero-order chi connectivity index (χ0) is 13.4. The van der Waals surface area contributed by atoms with Gasteiger partial charge in [0.15, 0.2) is 11.5 Å². The minimum Gasteiger partial charge on any atom is -0.493 e. The minimum absolute atomic E-state index is 0.198. The molecule has 1 aromatic carbocycles. The van der Waals surface area contributed by atoms with Crippen molar-refractivity contribution in [1.82, 2.24) is 0 Å². The van der Waals surface area contributed by atoms with E-state index in [0.717, 1.165) is 30.8 Å². The van der Waals surface area contributed by atoms with Crippen LogP contribution in [0.5, 0.6) is 11.5 Å². The van der Waals surface area contributed by atoms with Crippen molar-refractivity contribution in [3.8, 4) is 11.5 Å². The van der Waals surface area contributed by atoms with Crippen LogP contribution in [0.4, 0.5) is 0 Å². The lowest BCUT2D eigenvalue weighted by Gasteiger charge is -2.40. The first-order valence-electron chi connectivity index (χ1n) is 7.17. The monoisotopic (exact) mass is 262 g/mol. The second kappa shape index (κ2) is 5.04. The van der Waals surface area contributed by atoms with E-state index in [9.17, 15) is 5.11 Å². The number of benzene rings is 1. The molecule has 0 aromatic heterocycles. The fraction of sp³-hybridized carbons (Fsp3) is 0.625. The highest BCUT2D eigenvalue weighted by Gasteiger charge is 2.37. The van der Waals surface area contributed by atoms with Crippen LogP contribution >= 0.6 is 0 Å². The summed E-state index contributed by atoms with van der Waals surface area (Å²) in [5, 5.41) is 10.4. The molecule has 0 radical (unpaired) electrons. The molecule has 2 aliphatic rings. The molecule has 104 valence electrons. The number of aliphatic hydroxyl groups excluding tert-OH is 1. The number of aryl methyl sites for hydroxylation is 1. The number of rotatable bonds is 2. The van der Waals surface area contributed by atoms with E-state index in [0.29, 0.717) is 5.92 Å². The van der Waals surface area contributed by atoms with Crippen LogP contribution in [-0.4, -0.2) is 25.4 Å². The number of hydrogen-bond donors (Lipinski definition) is 1. The molecule has 1 saturated carbocycles. The molecule has 0 saturated heterocycles. The van der Waals surface area contributed by atoms with Crippen molar-refractivity contribution in [3.05, 3.63) is 23.3 Å². The molecule has 2 aliphatic carbocycles. The molecule has 19 heavy (non-hydrogen) atoms. The molecule has 3 unspecified atom stereocenters. The van der Waals surface area contributed by atoms with Gasteiger partial charge in [-0.25, -0.2) is 0 Å². The Balaban J connectivity index is 2.05. The van der Waals surface area contributed by atoms with Gasteiger partial charge in [0.2, 0.25) is 0 Å². The molecule has 3 nitrogen and oxygen atoms in total. The second-order valence-electron chi connectivity index (χ2n) is 5.73. The third kappa shape index (κ3) is 2.10. The van der Waals surface area contributed by atoms with Crippen molar-refractivity contribution in [3.63, 3.8) is 0 Å². The Bertz CT molecular complexity index is 469. The average Bonchev–Trinajstić information content (AvgIpc) is 2.45. The van der Waals surface area contributed by atoms with E-state index in [1.165, 1.54) is 24.0 Å². The molecule has 0 amide bonds. The summed E-state index contributed by atoms with van der Waals surface area (Å²) in [4.78, 5) is 0. The number of aliphatic hydroxyl groups is 1. The lowest BCUT2D eigenvalue weighted by atomic mass is 9.67. The molecule has 3 rings (SSSR count). The molecule has 3 heteroatoms. The molecule has 1 fully saturated rings. The lowest BCUT2D eigenvalue weighted by Crippen LogP contribution is -2.34. The highest BCUT2D eigenvalue weighted by atomic mass is 16.5. The van der Waals surface area contributed by atoms with E-state index in [2.05, 4.69) is 12.1 Å². The topological polar surface area (TPSA) is 38.7 Å². The van der Waals surface area contributed by atoms with Crippen molar-refractivity contribution in [2.24, 2.45) is 5.92 Å². The maximum atomic E-state index is 10.4. The van der Waals surface area contributed by atoms with Crippen LogP contribution in [0.25, 0.3) is 0 Å². The smallest absolute Gasteiger partial charge is 0.161 e. The van der Waals surface area contributed by atoms with E-state index in [4.69, 9.17) is 9.47 Å². The van der Waals surface area contributed by atoms with Crippen molar-refractivity contribution >= 4 is 0 Å². The summed E-state index contributed by atoms with van der Waals surface area (Å²) in [5.74, 6) is 2.50. The van der Waals surface area contributed by atoms with Gasteiger partial charge in [0.25, 0.3) is 0 Å². The summed E-state index contributed by atoms with van der Waals surface area (Å²) in [6, 6.07) is 4.17. The van der Waals surface area contributed by atoms with Crippen molar-refractivity contribution in [1.29, 1.82) is 0 Å². The molecular formula is C16H22O3. The fourth-order valence-electron chi connectivity index (χ4n) is 3.85. The maximum absolute atomic E-state index is 10.4. The summed E-state index contributed by atoms with van der Waals surface area (Å²) in [6.45, 7) is 0. The van der Waals surface area contributed by atoms with E-state index in [1.807, 2.05) is 0 Å². The SMILES string of the molecule is COc1cc2c(cc1OC)C1C(O)CCCC1CC2. The van der Waals surface area contributed by atoms with Gasteiger partial charge in [0, 0.05) is 5.92 Å². The van der Waals surface area contributed by atoms with E-state index in [1.54, 1.807) is 14.2 Å². The van der Waals surface area contributed by atoms with Crippen molar-refractivity contribution in [2.75, 3.05) is 14.2 Å². The standard InChI is InChI=1S/C16H22O3/c1-18-14-8-11-7-6-10-4-3-5-13(17)16(10)12(11)9-15(14)19-2/h8-10,13,16-17H,3-7H2,1-2H3. The Morgan fingerprint density at radius 2 is 1.79 bits per heavy atom. The molecule has 1 aromatic rings. The van der Waals surface area contributed by atoms with Gasteiger partial charge >= 0.3 is 0 Å². The molecule has 0 heterocycles. The van der Waals surface area contributed by atoms with E-state index < -0.39 is 0 Å². The Labute approximate surface area is 114 Å². The van der Waals surface area contributed by atoms with Crippen molar-refractivity contribution < 1.29 is 14.6 Å². The first kappa shape index (κ1) is 12.8. The normalized spacial score (nSPS) is 29.3. The van der Waals surface area contributed by atoms with Gasteiger partial charge in [-0.15, -0.1) is 0 Å². The van der Waals surface area contributed by atoms with Gasteiger partial charge in [0.1, 0.15) is 0 Å². The van der Waals surface area contributed by atoms with Crippen LogP contribution in [0.15, 0.2) is 12.1 Å². The molecule has 0 aliphatic heterocycles. The summed E-state index contributed by atoms with van der Waals surface area (Å²) in [6.07, 6.45) is 5.40. The summed E-state index contributed by atoms with van der Waals surface area (Å²) >= 11 is 0. The zero-order valence-corrected chi connectivity index (χ0v) is 11.7. The van der Waals surface area contributed by atoms with Gasteiger partial charge in [-0.3, -0.25) is 0 Å². The third-order valence-corrected chi connectivity index (χ3v) is 4.79. The second-order valence-corrected chi connectivity index (χ2v) is 5.73. The molecule has 1 N–H and O–H groups in total. The quantitative estimate of drug-likeness (QED) is 0.890. The predicted octanol–water partition coefficient (Wildman–Crippen LogP) is 2.89. The van der Waals surface area contributed by atoms with Crippen LogP contribution in [0.3, 0.4) is 0 Å². The van der Waals surface area contributed by atoms with Crippen LogP contribution in [0, 0.1) is 5.92 Å². The van der Waals surface area contributed by atoms with Crippen LogP contribution < -0.4 is 9.47 Å². The lowest BCUT2D eigenvalue weighted by molar-refractivity contribution is 0.0655. The highest BCUT2D eigenvalue weighted by molar-refractivity contribution is 5.50. The number of fused-ring (bicyclic) bond motifs is 3. The first-order chi connectivity index (χ1) is 9.24. The van der Waals surface area contributed by atoms with Gasteiger partial charge in [-0.2, -0.15) is 0 Å². The Hall–Kier alpha value is -1.22. The van der Waals surface area contributed by atoms with E-state index in [-0.39, 0.29) is 12.0 Å². The minimum atomic E-state index is -0.198. The number of ether oxygens (including phenoxy) is 2. The van der Waals surface area contributed by atoms with Gasteiger partial charge < -0.3 is 14.6 Å². The van der Waals surface area contributed by atoms with Crippen LogP contribution in [-0.2, 0) is 6.42 Å².